The van der Waals surface area contributed by atoms with Crippen molar-refractivity contribution in [3.05, 3.63) is 71.3 Å². The minimum atomic E-state index is -2.96. The summed E-state index contributed by atoms with van der Waals surface area (Å²) >= 11 is 0. The molecule has 0 fully saturated rings. The maximum Gasteiger partial charge on any atom is 0.387 e. The Labute approximate surface area is 178 Å². The van der Waals surface area contributed by atoms with Gasteiger partial charge in [-0.1, -0.05) is 29.8 Å². The van der Waals surface area contributed by atoms with E-state index in [-0.39, 0.29) is 17.6 Å². The highest BCUT2D eigenvalue weighted by molar-refractivity contribution is 6.09. The minimum Gasteiger partial charge on any atom is -0.435 e. The summed E-state index contributed by atoms with van der Waals surface area (Å²) in [5.74, 6) is -0.762. The van der Waals surface area contributed by atoms with Gasteiger partial charge in [-0.2, -0.15) is 8.78 Å². The highest BCUT2D eigenvalue weighted by Crippen LogP contribution is 2.40. The van der Waals surface area contributed by atoms with Gasteiger partial charge in [-0.05, 0) is 49.2 Å². The summed E-state index contributed by atoms with van der Waals surface area (Å²) in [7, 11) is 1.50. The number of halogens is 2. The van der Waals surface area contributed by atoms with E-state index in [2.05, 4.69) is 15.0 Å². The first-order chi connectivity index (χ1) is 14.6. The fourth-order valence-corrected chi connectivity index (χ4v) is 3.32. The average molecular weight is 428 g/mol. The normalized spacial score (nSPS) is 18.1. The van der Waals surface area contributed by atoms with E-state index < -0.39 is 18.1 Å². The van der Waals surface area contributed by atoms with E-state index >= 15 is 0 Å². The van der Waals surface area contributed by atoms with Crippen LogP contribution in [0.25, 0.3) is 0 Å². The third kappa shape index (κ3) is 4.40. The van der Waals surface area contributed by atoms with Gasteiger partial charge in [0.05, 0.1) is 0 Å². The lowest BCUT2D eigenvalue weighted by Gasteiger charge is -2.26. The molecule has 0 saturated heterocycles. The van der Waals surface area contributed by atoms with E-state index in [1.807, 2.05) is 0 Å². The third-order valence-corrected chi connectivity index (χ3v) is 4.70. The first-order valence-corrected chi connectivity index (χ1v) is 9.38. The van der Waals surface area contributed by atoms with Gasteiger partial charge in [-0.25, -0.2) is 4.99 Å². The van der Waals surface area contributed by atoms with E-state index in [9.17, 15) is 18.4 Å². The van der Waals surface area contributed by atoms with Gasteiger partial charge < -0.3 is 15.8 Å². The lowest BCUT2D eigenvalue weighted by molar-refractivity contribution is -0.129. The van der Waals surface area contributed by atoms with Gasteiger partial charge >= 0.3 is 6.61 Å². The predicted octanol–water partition coefficient (Wildman–Crippen LogP) is 3.22. The second kappa shape index (κ2) is 8.55. The van der Waals surface area contributed by atoms with Crippen LogP contribution in [0.3, 0.4) is 0 Å². The number of likely N-dealkylation sites (N-methyl/N-ethyl adjacent to an activating group) is 1. The molecule has 0 spiro atoms. The van der Waals surface area contributed by atoms with Crippen LogP contribution in [-0.2, 0) is 15.1 Å². The van der Waals surface area contributed by atoms with Crippen LogP contribution in [0.5, 0.6) is 5.75 Å². The molecule has 31 heavy (non-hydrogen) atoms. The molecule has 9 heteroatoms. The molecule has 0 saturated carbocycles. The number of amides is 2. The zero-order valence-corrected chi connectivity index (χ0v) is 17.2. The quantitative estimate of drug-likeness (QED) is 0.691. The van der Waals surface area contributed by atoms with E-state index in [0.29, 0.717) is 16.8 Å². The SMILES string of the molecule is CC(C)=CC(=O)Nc1cccc(C2(c3ccc(OC(F)F)cc3)N=C(N)N(C)C2=O)c1. The lowest BCUT2D eigenvalue weighted by atomic mass is 9.82. The average Bonchev–Trinajstić information content (AvgIpc) is 2.92. The van der Waals surface area contributed by atoms with Crippen molar-refractivity contribution < 1.29 is 23.1 Å². The molecule has 1 heterocycles. The minimum absolute atomic E-state index is 0.0110. The van der Waals surface area contributed by atoms with Crippen molar-refractivity contribution in [2.24, 2.45) is 10.7 Å². The van der Waals surface area contributed by atoms with E-state index in [4.69, 9.17) is 5.73 Å². The highest BCUT2D eigenvalue weighted by atomic mass is 19.3. The molecule has 0 aromatic heterocycles. The Morgan fingerprint density at radius 1 is 1.19 bits per heavy atom. The summed E-state index contributed by atoms with van der Waals surface area (Å²) in [6.45, 7) is 0.641. The van der Waals surface area contributed by atoms with Crippen molar-refractivity contribution in [3.63, 3.8) is 0 Å². The number of rotatable bonds is 6. The molecule has 0 radical (unpaired) electrons. The topological polar surface area (TPSA) is 97.0 Å². The van der Waals surface area contributed by atoms with Crippen LogP contribution in [0.2, 0.25) is 0 Å². The number of carbonyl (C=O) groups is 2. The Bertz CT molecular complexity index is 1060. The van der Waals surface area contributed by atoms with Crippen molar-refractivity contribution in [1.82, 2.24) is 4.90 Å². The maximum atomic E-state index is 13.3. The summed E-state index contributed by atoms with van der Waals surface area (Å²) in [5.41, 5.74) is 6.59. The van der Waals surface area contributed by atoms with Crippen LogP contribution < -0.4 is 15.8 Å². The van der Waals surface area contributed by atoms with Crippen molar-refractivity contribution >= 4 is 23.5 Å². The number of ether oxygens (including phenoxy) is 1. The number of hydrogen-bond acceptors (Lipinski definition) is 5. The molecular weight excluding hydrogens is 406 g/mol. The number of nitrogens with zero attached hydrogens (tertiary/aromatic N) is 2. The summed E-state index contributed by atoms with van der Waals surface area (Å²) in [6.07, 6.45) is 1.45. The van der Waals surface area contributed by atoms with Crippen LogP contribution in [0, 0.1) is 0 Å². The number of benzene rings is 2. The fraction of sp³-hybridized carbons (Fsp3) is 0.227. The number of carbonyl (C=O) groups excluding carboxylic acids is 2. The maximum absolute atomic E-state index is 13.3. The zero-order chi connectivity index (χ0) is 22.8. The van der Waals surface area contributed by atoms with Gasteiger partial charge in [0.25, 0.3) is 5.91 Å². The Hall–Kier alpha value is -3.75. The molecule has 0 aliphatic carbocycles. The van der Waals surface area contributed by atoms with Gasteiger partial charge in [0.2, 0.25) is 5.91 Å². The fourth-order valence-electron chi connectivity index (χ4n) is 3.32. The molecule has 3 rings (SSSR count). The van der Waals surface area contributed by atoms with Gasteiger partial charge in [0.15, 0.2) is 11.5 Å². The van der Waals surface area contributed by atoms with E-state index in [1.54, 1.807) is 38.1 Å². The number of nitrogens with two attached hydrogens (primary N) is 1. The van der Waals surface area contributed by atoms with Crippen molar-refractivity contribution in [2.45, 2.75) is 26.0 Å². The summed E-state index contributed by atoms with van der Waals surface area (Å²) < 4.78 is 29.4. The van der Waals surface area contributed by atoms with Crippen LogP contribution in [-0.4, -0.2) is 36.3 Å². The molecule has 2 aromatic carbocycles. The van der Waals surface area contributed by atoms with Gasteiger partial charge in [0, 0.05) is 18.8 Å². The lowest BCUT2D eigenvalue weighted by Crippen LogP contribution is -2.41. The number of hydrogen-bond donors (Lipinski definition) is 2. The Kier molecular flexibility index (Phi) is 6.05. The number of guanidine groups is 1. The first kappa shape index (κ1) is 21.9. The van der Waals surface area contributed by atoms with Crippen molar-refractivity contribution in [1.29, 1.82) is 0 Å². The molecule has 162 valence electrons. The number of alkyl halides is 2. The summed E-state index contributed by atoms with van der Waals surface area (Å²) in [4.78, 5) is 31.0. The second-order valence-corrected chi connectivity index (χ2v) is 7.24. The van der Waals surface area contributed by atoms with Crippen LogP contribution in [0.15, 0.2) is 65.2 Å². The Morgan fingerprint density at radius 3 is 2.42 bits per heavy atom. The van der Waals surface area contributed by atoms with Crippen LogP contribution in [0.1, 0.15) is 25.0 Å². The number of allylic oxidation sites excluding steroid dienone is 1. The molecular formula is C22H22F2N4O3. The molecule has 3 N–H and O–H groups in total. The predicted molar refractivity (Wildman–Crippen MR) is 113 cm³/mol. The first-order valence-electron chi connectivity index (χ1n) is 9.38. The third-order valence-electron chi connectivity index (χ3n) is 4.70. The van der Waals surface area contributed by atoms with Crippen LogP contribution >= 0.6 is 0 Å². The standard InChI is InChI=1S/C22H22F2N4O3/c1-13(2)11-18(29)26-16-6-4-5-15(12-16)22(19(30)28(3)21(25)27-22)14-7-9-17(10-8-14)31-20(23)24/h4-12,20H,1-3H3,(H2,25,27)(H,26,29). The van der Waals surface area contributed by atoms with Crippen LogP contribution in [0.4, 0.5) is 14.5 Å². The summed E-state index contributed by atoms with van der Waals surface area (Å²) in [5, 5.41) is 2.75. The highest BCUT2D eigenvalue weighted by Gasteiger charge is 2.49. The number of aliphatic imine (C=N–C) groups is 1. The zero-order valence-electron chi connectivity index (χ0n) is 17.2. The second-order valence-electron chi connectivity index (χ2n) is 7.24. The molecule has 1 unspecified atom stereocenters. The molecule has 7 nitrogen and oxygen atoms in total. The molecule has 1 atom stereocenters. The molecule has 1 aliphatic rings. The monoisotopic (exact) mass is 428 g/mol. The largest absolute Gasteiger partial charge is 0.435 e. The van der Waals surface area contributed by atoms with Gasteiger partial charge in [-0.3, -0.25) is 14.5 Å². The van der Waals surface area contributed by atoms with E-state index in [0.717, 1.165) is 5.57 Å². The van der Waals surface area contributed by atoms with Gasteiger partial charge in [-0.15, -0.1) is 0 Å². The smallest absolute Gasteiger partial charge is 0.387 e. The molecule has 0 bridgehead atoms. The number of anilines is 1. The van der Waals surface area contributed by atoms with Crippen molar-refractivity contribution in [2.75, 3.05) is 12.4 Å². The van der Waals surface area contributed by atoms with Gasteiger partial charge in [0.1, 0.15) is 5.75 Å². The van der Waals surface area contributed by atoms with Crippen molar-refractivity contribution in [3.8, 4) is 5.75 Å². The number of nitrogens with one attached hydrogen (secondary N) is 1. The summed E-state index contributed by atoms with van der Waals surface area (Å²) in [6, 6.07) is 12.3. The molecule has 2 aromatic rings. The Morgan fingerprint density at radius 2 is 1.87 bits per heavy atom. The Balaban J connectivity index is 2.08. The molecule has 1 aliphatic heterocycles. The molecule has 2 amide bonds. The van der Waals surface area contributed by atoms with E-state index in [1.165, 1.54) is 42.3 Å².